The van der Waals surface area contributed by atoms with Gasteiger partial charge in [0.2, 0.25) is 0 Å². The molecule has 1 aromatic rings. The van der Waals surface area contributed by atoms with Crippen LogP contribution in [0.4, 0.5) is 0 Å². The first-order chi connectivity index (χ1) is 11.7. The second-order valence-electron chi connectivity index (χ2n) is 5.66. The van der Waals surface area contributed by atoms with Crippen LogP contribution in [-0.2, 0) is 14.3 Å². The van der Waals surface area contributed by atoms with Gasteiger partial charge in [-0.25, -0.2) is 0 Å². The van der Waals surface area contributed by atoms with Gasteiger partial charge in [-0.2, -0.15) is 0 Å². The summed E-state index contributed by atoms with van der Waals surface area (Å²) < 4.78 is 10.0. The average molecular weight is 335 g/mol. The van der Waals surface area contributed by atoms with Crippen LogP contribution < -0.4 is 0 Å². The number of hydrogen-bond donors (Lipinski definition) is 0. The second kappa shape index (κ2) is 10.00. The minimum absolute atomic E-state index is 0.0803. The molecule has 0 atom stereocenters. The van der Waals surface area contributed by atoms with Crippen LogP contribution in [0.5, 0.6) is 0 Å². The third-order valence-corrected chi connectivity index (χ3v) is 4.03. The topological polar surface area (TPSA) is 72.0 Å². The number of ether oxygens (including phenoxy) is 2. The molecule has 24 heavy (non-hydrogen) atoms. The lowest BCUT2D eigenvalue weighted by atomic mass is 10.2. The third-order valence-electron chi connectivity index (χ3n) is 4.03. The normalized spacial score (nSPS) is 15.0. The summed E-state index contributed by atoms with van der Waals surface area (Å²) in [4.78, 5) is 32.0. The molecule has 7 nitrogen and oxygen atoms in total. The summed E-state index contributed by atoms with van der Waals surface area (Å²) in [6.45, 7) is 5.28. The maximum atomic E-state index is 12.6. The Labute approximate surface area is 142 Å². The zero-order chi connectivity index (χ0) is 17.2. The lowest BCUT2D eigenvalue weighted by molar-refractivity contribution is -0.140. The molecule has 1 fully saturated rings. The summed E-state index contributed by atoms with van der Waals surface area (Å²) in [6.07, 6.45) is 4.25. The van der Waals surface area contributed by atoms with Gasteiger partial charge in [0.15, 0.2) is 0 Å². The van der Waals surface area contributed by atoms with Gasteiger partial charge >= 0.3 is 5.97 Å². The number of aromatic nitrogens is 1. The van der Waals surface area contributed by atoms with E-state index in [-0.39, 0.29) is 18.3 Å². The molecule has 0 unspecified atom stereocenters. The molecule has 0 bridgehead atoms. The maximum absolute atomic E-state index is 12.6. The highest BCUT2D eigenvalue weighted by Crippen LogP contribution is 2.07. The fourth-order valence-electron chi connectivity index (χ4n) is 2.63. The van der Waals surface area contributed by atoms with Crippen LogP contribution in [0.3, 0.4) is 0 Å². The van der Waals surface area contributed by atoms with Crippen LogP contribution in [0, 0.1) is 0 Å². The smallest absolute Gasteiger partial charge is 0.307 e. The standard InChI is InChI=1S/C17H25N3O4/c1-23-16(21)5-10-20(17(22)15-3-6-18-7-4-15)9-2-8-19-11-13-24-14-12-19/h3-4,6-7H,2,5,8-14H2,1H3. The van der Waals surface area contributed by atoms with Crippen LogP contribution in [0.25, 0.3) is 0 Å². The van der Waals surface area contributed by atoms with Crippen molar-refractivity contribution in [2.45, 2.75) is 12.8 Å². The van der Waals surface area contributed by atoms with E-state index in [1.54, 1.807) is 29.4 Å². The van der Waals surface area contributed by atoms with Crippen LogP contribution in [0.2, 0.25) is 0 Å². The van der Waals surface area contributed by atoms with Crippen molar-refractivity contribution in [3.05, 3.63) is 30.1 Å². The summed E-state index contributed by atoms with van der Waals surface area (Å²) in [5.41, 5.74) is 0.584. The molecule has 1 aromatic heterocycles. The number of esters is 1. The van der Waals surface area contributed by atoms with Crippen molar-refractivity contribution >= 4 is 11.9 Å². The number of pyridine rings is 1. The molecule has 0 spiro atoms. The molecule has 0 N–H and O–H groups in total. The van der Waals surface area contributed by atoms with Crippen molar-refractivity contribution < 1.29 is 19.1 Å². The first kappa shape index (κ1) is 18.4. The van der Waals surface area contributed by atoms with E-state index in [1.165, 1.54) is 7.11 Å². The molecule has 7 heteroatoms. The Morgan fingerprint density at radius 1 is 1.25 bits per heavy atom. The molecule has 1 saturated heterocycles. The Balaban J connectivity index is 1.89. The van der Waals surface area contributed by atoms with E-state index in [0.29, 0.717) is 18.7 Å². The number of methoxy groups -OCH3 is 1. The van der Waals surface area contributed by atoms with Gasteiger partial charge in [-0.15, -0.1) is 0 Å². The molecule has 2 heterocycles. The van der Waals surface area contributed by atoms with Crippen LogP contribution in [0.1, 0.15) is 23.2 Å². The number of amides is 1. The molecule has 1 aliphatic rings. The molecule has 1 amide bonds. The Morgan fingerprint density at radius 2 is 1.96 bits per heavy atom. The molecule has 2 rings (SSSR count). The summed E-state index contributed by atoms with van der Waals surface area (Å²) >= 11 is 0. The van der Waals surface area contributed by atoms with Gasteiger partial charge in [0.25, 0.3) is 5.91 Å². The van der Waals surface area contributed by atoms with Crippen molar-refractivity contribution in [1.82, 2.24) is 14.8 Å². The van der Waals surface area contributed by atoms with Gasteiger partial charge in [0, 0.05) is 50.7 Å². The van der Waals surface area contributed by atoms with E-state index in [0.717, 1.165) is 39.3 Å². The minimum atomic E-state index is -0.310. The highest BCUT2D eigenvalue weighted by Gasteiger charge is 2.18. The first-order valence-electron chi connectivity index (χ1n) is 8.27. The van der Waals surface area contributed by atoms with E-state index in [2.05, 4.69) is 14.6 Å². The van der Waals surface area contributed by atoms with Gasteiger partial charge in [-0.05, 0) is 18.6 Å². The average Bonchev–Trinajstić information content (AvgIpc) is 2.65. The molecule has 0 saturated carbocycles. The fraction of sp³-hybridized carbons (Fsp3) is 0.588. The van der Waals surface area contributed by atoms with E-state index in [9.17, 15) is 9.59 Å². The number of rotatable bonds is 8. The lowest BCUT2D eigenvalue weighted by Crippen LogP contribution is -2.39. The third kappa shape index (κ3) is 5.90. The van der Waals surface area contributed by atoms with Crippen LogP contribution in [0.15, 0.2) is 24.5 Å². The summed E-state index contributed by atoms with van der Waals surface area (Å²) in [5.74, 6) is -0.390. The molecule has 0 aliphatic carbocycles. The zero-order valence-electron chi connectivity index (χ0n) is 14.1. The van der Waals surface area contributed by atoms with E-state index in [1.807, 2.05) is 0 Å². The van der Waals surface area contributed by atoms with E-state index in [4.69, 9.17) is 4.74 Å². The molecular formula is C17H25N3O4. The molecule has 0 aromatic carbocycles. The van der Waals surface area contributed by atoms with Crippen LogP contribution in [-0.4, -0.2) is 79.7 Å². The number of hydrogen-bond acceptors (Lipinski definition) is 6. The summed E-state index contributed by atoms with van der Waals surface area (Å²) in [7, 11) is 1.36. The zero-order valence-corrected chi connectivity index (χ0v) is 14.1. The molecular weight excluding hydrogens is 310 g/mol. The van der Waals surface area contributed by atoms with Crippen molar-refractivity contribution in [2.24, 2.45) is 0 Å². The highest BCUT2D eigenvalue weighted by molar-refractivity contribution is 5.94. The number of carbonyl (C=O) groups excluding carboxylic acids is 2. The van der Waals surface area contributed by atoms with Crippen molar-refractivity contribution in [2.75, 3.05) is 53.0 Å². The Morgan fingerprint density at radius 3 is 2.62 bits per heavy atom. The Kier molecular flexibility index (Phi) is 7.64. The number of nitrogens with zero attached hydrogens (tertiary/aromatic N) is 3. The predicted octanol–water partition coefficient (Wildman–Crippen LogP) is 0.809. The molecule has 0 radical (unpaired) electrons. The summed E-state index contributed by atoms with van der Waals surface area (Å²) in [5, 5.41) is 0. The molecule has 1 aliphatic heterocycles. The van der Waals surface area contributed by atoms with Gasteiger partial charge in [0.05, 0.1) is 26.7 Å². The van der Waals surface area contributed by atoms with Gasteiger partial charge in [-0.1, -0.05) is 0 Å². The summed E-state index contributed by atoms with van der Waals surface area (Å²) in [6, 6.07) is 3.38. The maximum Gasteiger partial charge on any atom is 0.307 e. The van der Waals surface area contributed by atoms with Crippen LogP contribution >= 0.6 is 0 Å². The highest BCUT2D eigenvalue weighted by atomic mass is 16.5. The Bertz CT molecular complexity index is 518. The SMILES string of the molecule is COC(=O)CCN(CCCN1CCOCC1)C(=O)c1ccncc1. The van der Waals surface area contributed by atoms with E-state index >= 15 is 0 Å². The van der Waals surface area contributed by atoms with Gasteiger partial charge < -0.3 is 14.4 Å². The van der Waals surface area contributed by atoms with Gasteiger partial charge in [0.1, 0.15) is 0 Å². The van der Waals surface area contributed by atoms with Crippen molar-refractivity contribution in [3.63, 3.8) is 0 Å². The minimum Gasteiger partial charge on any atom is -0.469 e. The number of morpholine rings is 1. The van der Waals surface area contributed by atoms with Gasteiger partial charge in [-0.3, -0.25) is 19.5 Å². The van der Waals surface area contributed by atoms with Crippen molar-refractivity contribution in [3.8, 4) is 0 Å². The van der Waals surface area contributed by atoms with E-state index < -0.39 is 0 Å². The second-order valence-corrected chi connectivity index (χ2v) is 5.66. The quantitative estimate of drug-likeness (QED) is 0.655. The predicted molar refractivity (Wildman–Crippen MR) is 88.6 cm³/mol. The molecule has 132 valence electrons. The first-order valence-corrected chi connectivity index (χ1v) is 8.27. The largest absolute Gasteiger partial charge is 0.469 e. The fourth-order valence-corrected chi connectivity index (χ4v) is 2.63. The van der Waals surface area contributed by atoms with Crippen molar-refractivity contribution in [1.29, 1.82) is 0 Å². The number of carbonyl (C=O) groups is 2. The monoisotopic (exact) mass is 335 g/mol. The Hall–Kier alpha value is -1.99. The lowest BCUT2D eigenvalue weighted by Gasteiger charge is -2.28.